The van der Waals surface area contributed by atoms with Crippen molar-refractivity contribution in [1.82, 2.24) is 4.57 Å². The third-order valence-corrected chi connectivity index (χ3v) is 6.85. The van der Waals surface area contributed by atoms with Gasteiger partial charge in [-0.1, -0.05) is 11.3 Å². The molecule has 0 fully saturated rings. The van der Waals surface area contributed by atoms with Gasteiger partial charge in [0.05, 0.1) is 12.2 Å². The summed E-state index contributed by atoms with van der Waals surface area (Å²) >= 11 is 3.52. The number of aromatic nitrogens is 1. The van der Waals surface area contributed by atoms with E-state index in [-0.39, 0.29) is 11.5 Å². The number of anilines is 2. The molecular formula is C21H17IN4O3S. The van der Waals surface area contributed by atoms with E-state index in [1.165, 1.54) is 11.3 Å². The summed E-state index contributed by atoms with van der Waals surface area (Å²) in [4.78, 5) is 33.2. The first-order valence-corrected chi connectivity index (χ1v) is 11.3. The molecule has 0 saturated heterocycles. The SMILES string of the molecule is CCOc1ccc2c(c1)C(=c1sc3n(c1=O)CN(c1ccc(I)cc1)CN=3)C(=O)N2. The number of nitrogens with one attached hydrogen (secondary N) is 1. The first-order chi connectivity index (χ1) is 14.5. The van der Waals surface area contributed by atoms with Crippen molar-refractivity contribution in [3.05, 3.63) is 71.3 Å². The molecule has 0 radical (unpaired) electrons. The highest BCUT2D eigenvalue weighted by molar-refractivity contribution is 14.1. The quantitative estimate of drug-likeness (QED) is 0.525. The van der Waals surface area contributed by atoms with Crippen molar-refractivity contribution in [2.75, 3.05) is 23.5 Å². The Hall–Kier alpha value is -2.66. The Kier molecular flexibility index (Phi) is 4.86. The van der Waals surface area contributed by atoms with Gasteiger partial charge < -0.3 is 15.0 Å². The van der Waals surface area contributed by atoms with Crippen LogP contribution in [0, 0.1) is 3.57 Å². The number of benzene rings is 2. The minimum absolute atomic E-state index is 0.200. The first-order valence-electron chi connectivity index (χ1n) is 9.42. The Labute approximate surface area is 189 Å². The van der Waals surface area contributed by atoms with Gasteiger partial charge in [-0.05, 0) is 72.0 Å². The molecule has 7 nitrogen and oxygen atoms in total. The smallest absolute Gasteiger partial charge is 0.272 e. The summed E-state index contributed by atoms with van der Waals surface area (Å²) in [6, 6.07) is 13.5. The largest absolute Gasteiger partial charge is 0.494 e. The molecule has 1 aromatic heterocycles. The van der Waals surface area contributed by atoms with Gasteiger partial charge in [-0.3, -0.25) is 14.2 Å². The molecule has 3 heterocycles. The van der Waals surface area contributed by atoms with E-state index in [2.05, 4.69) is 32.9 Å². The van der Waals surface area contributed by atoms with E-state index in [4.69, 9.17) is 4.74 Å². The highest BCUT2D eigenvalue weighted by Crippen LogP contribution is 2.33. The molecule has 1 amide bonds. The van der Waals surface area contributed by atoms with Gasteiger partial charge in [0.25, 0.3) is 11.5 Å². The Morgan fingerprint density at radius 2 is 2.00 bits per heavy atom. The van der Waals surface area contributed by atoms with Crippen LogP contribution in [0.25, 0.3) is 5.57 Å². The van der Waals surface area contributed by atoms with E-state index < -0.39 is 0 Å². The zero-order chi connectivity index (χ0) is 20.8. The Morgan fingerprint density at radius 1 is 1.20 bits per heavy atom. The maximum absolute atomic E-state index is 13.3. The van der Waals surface area contributed by atoms with Crippen molar-refractivity contribution >= 4 is 56.8 Å². The van der Waals surface area contributed by atoms with Crippen molar-refractivity contribution in [2.24, 2.45) is 4.99 Å². The van der Waals surface area contributed by atoms with Gasteiger partial charge in [0.1, 0.15) is 23.6 Å². The second-order valence-corrected chi connectivity index (χ2v) is 9.10. The normalized spacial score (nSPS) is 16.6. The third-order valence-electron chi connectivity index (χ3n) is 5.02. The number of carbonyl (C=O) groups excluding carboxylic acids is 1. The number of hydrogen-bond donors (Lipinski definition) is 1. The molecule has 0 atom stereocenters. The number of carbonyl (C=O) groups is 1. The van der Waals surface area contributed by atoms with Crippen LogP contribution >= 0.6 is 33.9 Å². The lowest BCUT2D eigenvalue weighted by Gasteiger charge is -2.25. The summed E-state index contributed by atoms with van der Waals surface area (Å²) < 4.78 is 8.76. The molecule has 152 valence electrons. The molecule has 1 N–H and O–H groups in total. The first kappa shape index (κ1) is 19.3. The highest BCUT2D eigenvalue weighted by atomic mass is 127. The fraction of sp³-hybridized carbons (Fsp3) is 0.190. The van der Waals surface area contributed by atoms with Gasteiger partial charge in [-0.25, -0.2) is 4.99 Å². The van der Waals surface area contributed by atoms with Crippen LogP contribution in [0.3, 0.4) is 0 Å². The second-order valence-electron chi connectivity index (χ2n) is 6.87. The molecule has 2 aliphatic rings. The molecule has 0 aliphatic carbocycles. The number of amides is 1. The van der Waals surface area contributed by atoms with Crippen LogP contribution in [0.15, 0.2) is 52.3 Å². The maximum Gasteiger partial charge on any atom is 0.272 e. The fourth-order valence-electron chi connectivity index (χ4n) is 3.60. The predicted molar refractivity (Wildman–Crippen MR) is 125 cm³/mol. The van der Waals surface area contributed by atoms with Crippen molar-refractivity contribution in [1.29, 1.82) is 0 Å². The molecule has 0 bridgehead atoms. The average molecular weight is 532 g/mol. The summed E-state index contributed by atoms with van der Waals surface area (Å²) in [7, 11) is 0. The fourth-order valence-corrected chi connectivity index (χ4v) is 5.02. The van der Waals surface area contributed by atoms with Crippen LogP contribution in [0.2, 0.25) is 0 Å². The van der Waals surface area contributed by atoms with E-state index >= 15 is 0 Å². The molecule has 2 aliphatic heterocycles. The lowest BCUT2D eigenvalue weighted by atomic mass is 10.1. The second kappa shape index (κ2) is 7.55. The third kappa shape index (κ3) is 3.21. The number of hydrogen-bond acceptors (Lipinski definition) is 6. The topological polar surface area (TPSA) is 75.9 Å². The van der Waals surface area contributed by atoms with Crippen LogP contribution < -0.4 is 29.8 Å². The molecule has 5 rings (SSSR count). The van der Waals surface area contributed by atoms with E-state index in [1.807, 2.05) is 48.2 Å². The summed E-state index contributed by atoms with van der Waals surface area (Å²) in [6.45, 7) is 3.29. The maximum atomic E-state index is 13.3. The van der Waals surface area contributed by atoms with Gasteiger partial charge >= 0.3 is 0 Å². The molecule has 0 unspecified atom stereocenters. The summed E-state index contributed by atoms with van der Waals surface area (Å²) in [5.41, 5.74) is 2.57. The van der Waals surface area contributed by atoms with Crippen LogP contribution in [0.1, 0.15) is 12.5 Å². The lowest BCUT2D eigenvalue weighted by molar-refractivity contribution is -0.110. The number of halogens is 1. The summed E-state index contributed by atoms with van der Waals surface area (Å²) in [6.07, 6.45) is 0. The zero-order valence-corrected chi connectivity index (χ0v) is 19.0. The van der Waals surface area contributed by atoms with Gasteiger partial charge in [0, 0.05) is 20.5 Å². The van der Waals surface area contributed by atoms with Crippen LogP contribution in [-0.2, 0) is 11.5 Å². The van der Waals surface area contributed by atoms with Crippen LogP contribution in [0.5, 0.6) is 5.75 Å². The van der Waals surface area contributed by atoms with Crippen LogP contribution in [0.4, 0.5) is 11.4 Å². The number of nitrogens with zero attached hydrogens (tertiary/aromatic N) is 3. The monoisotopic (exact) mass is 532 g/mol. The van der Waals surface area contributed by atoms with E-state index in [1.54, 1.807) is 10.6 Å². The van der Waals surface area contributed by atoms with Crippen LogP contribution in [-0.4, -0.2) is 23.7 Å². The number of ether oxygens (including phenoxy) is 1. The van der Waals surface area contributed by atoms with Gasteiger partial charge in [0.15, 0.2) is 4.80 Å². The van der Waals surface area contributed by atoms with Crippen molar-refractivity contribution in [2.45, 2.75) is 13.6 Å². The van der Waals surface area contributed by atoms with E-state index in [0.717, 1.165) is 9.26 Å². The summed E-state index contributed by atoms with van der Waals surface area (Å²) in [5, 5.41) is 2.85. The average Bonchev–Trinajstić information content (AvgIpc) is 3.24. The van der Waals surface area contributed by atoms with Gasteiger partial charge in [0.2, 0.25) is 0 Å². The van der Waals surface area contributed by atoms with Gasteiger partial charge in [-0.2, -0.15) is 0 Å². The Morgan fingerprint density at radius 3 is 2.77 bits per heavy atom. The van der Waals surface area contributed by atoms with Crippen molar-refractivity contribution in [3.8, 4) is 5.75 Å². The highest BCUT2D eigenvalue weighted by Gasteiger charge is 2.28. The predicted octanol–water partition coefficient (Wildman–Crippen LogP) is 2.12. The minimum atomic E-state index is -0.274. The molecule has 0 saturated carbocycles. The molecule has 9 heteroatoms. The van der Waals surface area contributed by atoms with E-state index in [0.29, 0.717) is 51.9 Å². The number of rotatable bonds is 3. The lowest BCUT2D eigenvalue weighted by Crippen LogP contribution is -2.43. The number of fused-ring (bicyclic) bond motifs is 2. The molecule has 30 heavy (non-hydrogen) atoms. The van der Waals surface area contributed by atoms with Gasteiger partial charge in [-0.15, -0.1) is 0 Å². The Balaban J connectivity index is 1.62. The van der Waals surface area contributed by atoms with Crippen molar-refractivity contribution < 1.29 is 9.53 Å². The zero-order valence-electron chi connectivity index (χ0n) is 16.0. The summed E-state index contributed by atoms with van der Waals surface area (Å²) in [5.74, 6) is 0.394. The molecule has 2 aromatic carbocycles. The standard InChI is InChI=1S/C21H17IN4O3S/c1-2-29-14-7-8-16-15(9-14)17(19(27)24-16)18-20(28)26-11-25(10-23-21(26)30-18)13-5-3-12(22)4-6-13/h3-9H,2,10-11H2,1H3,(H,24,27). The molecule has 0 spiro atoms. The Bertz CT molecular complexity index is 1340. The number of thiazole rings is 1. The van der Waals surface area contributed by atoms with Crippen molar-refractivity contribution in [3.63, 3.8) is 0 Å². The minimum Gasteiger partial charge on any atom is -0.494 e. The van der Waals surface area contributed by atoms with E-state index in [9.17, 15) is 9.59 Å². The molecular weight excluding hydrogens is 515 g/mol. The molecule has 3 aromatic rings.